The number of nitrogens with two attached hydrogens (primary N) is 1. The van der Waals surface area contributed by atoms with Crippen molar-refractivity contribution < 1.29 is 37.1 Å². The zero-order chi connectivity index (χ0) is 34.1. The Balaban J connectivity index is 1.69. The molecule has 0 saturated carbocycles. The Bertz CT molecular complexity index is 1860. The molecule has 0 aliphatic carbocycles. The number of fused-ring (bicyclic) bond motifs is 2. The minimum Gasteiger partial charge on any atom is -0.484 e. The molecule has 0 fully saturated rings. The third-order valence-electron chi connectivity index (χ3n) is 8.61. The third kappa shape index (κ3) is 6.54. The molecule has 4 aromatic carbocycles. The number of alkyl halides is 3. The summed E-state index contributed by atoms with van der Waals surface area (Å²) in [5, 5.41) is 4.13. The number of rotatable bonds is 9. The maximum atomic E-state index is 14.7. The van der Waals surface area contributed by atoms with E-state index in [1.165, 1.54) is 61.0 Å². The number of anilines is 2. The lowest BCUT2D eigenvalue weighted by atomic mass is 9.83. The van der Waals surface area contributed by atoms with Crippen molar-refractivity contribution in [2.24, 2.45) is 11.7 Å². The van der Waals surface area contributed by atoms with E-state index in [4.69, 9.17) is 10.5 Å². The Kier molecular flexibility index (Phi) is 9.08. The Labute approximate surface area is 269 Å². The lowest BCUT2D eigenvalue weighted by Gasteiger charge is -2.36. The maximum absolute atomic E-state index is 14.7. The van der Waals surface area contributed by atoms with Crippen LogP contribution in [0.15, 0.2) is 84.9 Å². The topological polar surface area (TPSA) is 122 Å². The van der Waals surface area contributed by atoms with E-state index in [0.717, 1.165) is 0 Å². The van der Waals surface area contributed by atoms with E-state index in [1.54, 1.807) is 54.6 Å². The number of hydrogen-bond acceptors (Lipinski definition) is 6. The molecule has 0 aromatic heterocycles. The number of nitrogens with one attached hydrogen (secondary N) is 1. The fourth-order valence-corrected chi connectivity index (χ4v) is 5.78. The van der Waals surface area contributed by atoms with Crippen molar-refractivity contribution in [3.05, 3.63) is 102 Å². The highest BCUT2D eigenvalue weighted by atomic mass is 19.4. The van der Waals surface area contributed by atoms with Crippen LogP contribution in [0.4, 0.5) is 24.5 Å². The molecule has 12 heteroatoms. The smallest absolute Gasteiger partial charge is 0.422 e. The standard InChI is InChI=1S/C35H33F3N4O5/c1-21(43)22-12-14-24(15-13-22)31(44)42-19-27(34(2,40-3)33(39)46)32(45)41(28-10-6-7-11-29(28)42)18-26-25-9-5-4-8-23(25)16-17-30(26)47-20-35(36,37)38/h4-17,27,40H,18-20H2,1-3H3,(H2,39,46)/t27-,34?/m1/s1. The predicted octanol–water partition coefficient (Wildman–Crippen LogP) is 5.26. The number of Topliss-reactive ketones (excluding diaryl/α,β-unsaturated/α-hetero) is 1. The van der Waals surface area contributed by atoms with Gasteiger partial charge >= 0.3 is 6.18 Å². The zero-order valence-corrected chi connectivity index (χ0v) is 25.9. The number of primary amides is 1. The molecule has 0 bridgehead atoms. The average Bonchev–Trinajstić information content (AvgIpc) is 3.17. The van der Waals surface area contributed by atoms with Crippen LogP contribution in [0.5, 0.6) is 5.75 Å². The lowest BCUT2D eigenvalue weighted by molar-refractivity contribution is -0.153. The van der Waals surface area contributed by atoms with Crippen molar-refractivity contribution in [3.63, 3.8) is 0 Å². The van der Waals surface area contributed by atoms with Crippen LogP contribution in [0.1, 0.15) is 40.1 Å². The summed E-state index contributed by atoms with van der Waals surface area (Å²) < 4.78 is 45.1. The predicted molar refractivity (Wildman–Crippen MR) is 171 cm³/mol. The first-order valence-corrected chi connectivity index (χ1v) is 14.8. The van der Waals surface area contributed by atoms with Crippen molar-refractivity contribution in [3.8, 4) is 5.75 Å². The second-order valence-corrected chi connectivity index (χ2v) is 11.5. The summed E-state index contributed by atoms with van der Waals surface area (Å²) in [6.45, 7) is 0.800. The number of carbonyl (C=O) groups excluding carboxylic acids is 4. The average molecular weight is 647 g/mol. The van der Waals surface area contributed by atoms with E-state index in [9.17, 15) is 32.3 Å². The van der Waals surface area contributed by atoms with Gasteiger partial charge in [0.1, 0.15) is 11.3 Å². The van der Waals surface area contributed by atoms with Gasteiger partial charge in [-0.2, -0.15) is 13.2 Å². The molecular weight excluding hydrogens is 613 g/mol. The van der Waals surface area contributed by atoms with Crippen molar-refractivity contribution in [2.45, 2.75) is 32.1 Å². The number of ether oxygens (including phenoxy) is 1. The van der Waals surface area contributed by atoms with Crippen LogP contribution >= 0.6 is 0 Å². The van der Waals surface area contributed by atoms with Crippen LogP contribution in [0.2, 0.25) is 0 Å². The van der Waals surface area contributed by atoms with Crippen LogP contribution in [0, 0.1) is 5.92 Å². The number of halogens is 3. The van der Waals surface area contributed by atoms with Crippen molar-refractivity contribution >= 4 is 45.7 Å². The molecule has 0 radical (unpaired) electrons. The van der Waals surface area contributed by atoms with Crippen molar-refractivity contribution in [1.29, 1.82) is 0 Å². The van der Waals surface area contributed by atoms with Gasteiger partial charge in [0.2, 0.25) is 11.8 Å². The van der Waals surface area contributed by atoms with Gasteiger partial charge in [-0.15, -0.1) is 0 Å². The van der Waals surface area contributed by atoms with Crippen LogP contribution < -0.4 is 25.6 Å². The zero-order valence-electron chi connectivity index (χ0n) is 25.9. The number of nitrogens with zero attached hydrogens (tertiary/aromatic N) is 2. The van der Waals surface area contributed by atoms with Gasteiger partial charge in [-0.25, -0.2) is 0 Å². The number of likely N-dealkylation sites (N-methyl/N-ethyl adjacent to an activating group) is 1. The van der Waals surface area contributed by atoms with E-state index in [-0.39, 0.29) is 35.9 Å². The van der Waals surface area contributed by atoms with Gasteiger partial charge in [-0.05, 0) is 62.0 Å². The highest BCUT2D eigenvalue weighted by Crippen LogP contribution is 2.40. The van der Waals surface area contributed by atoms with Gasteiger partial charge in [0.25, 0.3) is 5.91 Å². The van der Waals surface area contributed by atoms with Crippen LogP contribution in [-0.2, 0) is 16.1 Å². The summed E-state index contributed by atoms with van der Waals surface area (Å²) in [4.78, 5) is 56.4. The summed E-state index contributed by atoms with van der Waals surface area (Å²) in [5.41, 5.74) is 5.75. The van der Waals surface area contributed by atoms with Gasteiger partial charge in [0.15, 0.2) is 12.4 Å². The number of ketones is 1. The lowest BCUT2D eigenvalue weighted by Crippen LogP contribution is -2.63. The molecular formula is C35H33F3N4O5. The Morgan fingerprint density at radius 2 is 1.53 bits per heavy atom. The molecule has 0 saturated heterocycles. The quantitative estimate of drug-likeness (QED) is 0.240. The normalized spacial score (nSPS) is 16.3. The molecule has 244 valence electrons. The molecule has 1 aliphatic rings. The summed E-state index contributed by atoms with van der Waals surface area (Å²) >= 11 is 0. The van der Waals surface area contributed by atoms with E-state index < -0.39 is 42.0 Å². The second kappa shape index (κ2) is 12.9. The minimum atomic E-state index is -4.61. The van der Waals surface area contributed by atoms with Crippen molar-refractivity contribution in [1.82, 2.24) is 5.32 Å². The fourth-order valence-electron chi connectivity index (χ4n) is 5.78. The summed E-state index contributed by atoms with van der Waals surface area (Å²) in [6.07, 6.45) is -4.61. The molecule has 2 atom stereocenters. The van der Waals surface area contributed by atoms with Gasteiger partial charge in [-0.1, -0.05) is 54.6 Å². The monoisotopic (exact) mass is 646 g/mol. The Hall–Kier alpha value is -5.23. The molecule has 1 unspecified atom stereocenters. The van der Waals surface area contributed by atoms with E-state index in [0.29, 0.717) is 27.6 Å². The molecule has 3 N–H and O–H groups in total. The number of para-hydroxylation sites is 2. The van der Waals surface area contributed by atoms with E-state index in [1.807, 2.05) is 0 Å². The minimum absolute atomic E-state index is 0.0723. The van der Waals surface area contributed by atoms with Gasteiger partial charge in [0, 0.05) is 23.2 Å². The summed E-state index contributed by atoms with van der Waals surface area (Å²) in [7, 11) is 1.47. The van der Waals surface area contributed by atoms with Gasteiger partial charge in [-0.3, -0.25) is 19.2 Å². The van der Waals surface area contributed by atoms with E-state index >= 15 is 0 Å². The molecule has 5 rings (SSSR count). The molecule has 4 aromatic rings. The second-order valence-electron chi connectivity index (χ2n) is 11.5. The number of hydrogen-bond donors (Lipinski definition) is 2. The molecule has 1 aliphatic heterocycles. The summed E-state index contributed by atoms with van der Waals surface area (Å²) in [5.74, 6) is -3.44. The van der Waals surface area contributed by atoms with Crippen LogP contribution in [0.25, 0.3) is 10.8 Å². The van der Waals surface area contributed by atoms with Crippen LogP contribution in [0.3, 0.4) is 0 Å². The number of carbonyl (C=O) groups is 4. The largest absolute Gasteiger partial charge is 0.484 e. The number of benzene rings is 4. The Morgan fingerprint density at radius 1 is 0.915 bits per heavy atom. The highest BCUT2D eigenvalue weighted by molar-refractivity contribution is 6.13. The third-order valence-corrected chi connectivity index (χ3v) is 8.61. The molecule has 3 amide bonds. The number of amides is 3. The Morgan fingerprint density at radius 3 is 2.15 bits per heavy atom. The first kappa shape index (κ1) is 33.1. The molecule has 0 spiro atoms. The van der Waals surface area contributed by atoms with Crippen LogP contribution in [-0.4, -0.2) is 55.4 Å². The first-order valence-electron chi connectivity index (χ1n) is 14.8. The maximum Gasteiger partial charge on any atom is 0.422 e. The van der Waals surface area contributed by atoms with E-state index in [2.05, 4.69) is 5.32 Å². The molecule has 9 nitrogen and oxygen atoms in total. The van der Waals surface area contributed by atoms with Gasteiger partial charge < -0.3 is 25.6 Å². The highest BCUT2D eigenvalue weighted by Gasteiger charge is 2.49. The molecule has 47 heavy (non-hydrogen) atoms. The summed E-state index contributed by atoms with van der Waals surface area (Å²) in [6, 6.07) is 22.8. The first-order chi connectivity index (χ1) is 22.2. The fraction of sp³-hybridized carbons (Fsp3) is 0.257. The van der Waals surface area contributed by atoms with Crippen molar-refractivity contribution in [2.75, 3.05) is 30.0 Å². The molecule has 1 heterocycles. The SMILES string of the molecule is CNC(C)(C(N)=O)[C@@H]1CN(C(=O)c2ccc(C(C)=O)cc2)c2ccccc2N(Cc2c(OCC(F)(F)F)ccc3ccccc23)C1=O. The van der Waals surface area contributed by atoms with Gasteiger partial charge in [0.05, 0.1) is 23.8 Å².